The number of alkyl halides is 5. The minimum Gasteiger partial charge on any atom is -0.366 e. The van der Waals surface area contributed by atoms with E-state index in [4.69, 9.17) is 10.5 Å². The molecule has 5 rings (SSSR count). The second kappa shape index (κ2) is 12.7. The Labute approximate surface area is 231 Å². The Morgan fingerprint density at radius 1 is 1.17 bits per heavy atom. The van der Waals surface area contributed by atoms with Crippen molar-refractivity contribution in [2.24, 2.45) is 5.73 Å². The molecule has 0 radical (unpaired) electrons. The number of halogens is 5. The van der Waals surface area contributed by atoms with E-state index in [1.54, 1.807) is 19.1 Å². The highest BCUT2D eigenvalue weighted by atomic mass is 19.4. The quantitative estimate of drug-likeness (QED) is 0.351. The molecule has 1 aliphatic heterocycles. The van der Waals surface area contributed by atoms with Gasteiger partial charge in [-0.05, 0) is 38.1 Å². The zero-order chi connectivity index (χ0) is 30.4. The van der Waals surface area contributed by atoms with Gasteiger partial charge >= 0.3 is 12.2 Å². The van der Waals surface area contributed by atoms with Gasteiger partial charge in [-0.15, -0.1) is 0 Å². The normalized spacial score (nSPS) is 16.3. The fourth-order valence-corrected chi connectivity index (χ4v) is 3.17. The van der Waals surface area contributed by atoms with Gasteiger partial charge in [-0.25, -0.2) is 28.2 Å². The number of fused-ring (bicyclic) bond motifs is 1. The van der Waals surface area contributed by atoms with Gasteiger partial charge in [-0.1, -0.05) is 24.4 Å². The summed E-state index contributed by atoms with van der Waals surface area (Å²) < 4.78 is 74.5. The van der Waals surface area contributed by atoms with Gasteiger partial charge in [0, 0.05) is 6.42 Å². The molecule has 2 aliphatic rings. The van der Waals surface area contributed by atoms with Gasteiger partial charge < -0.3 is 25.7 Å². The molecule has 0 atom stereocenters. The number of carbonyl (C=O) groups is 2. The van der Waals surface area contributed by atoms with Crippen molar-refractivity contribution in [2.45, 2.75) is 70.7 Å². The lowest BCUT2D eigenvalue weighted by Gasteiger charge is -2.32. The van der Waals surface area contributed by atoms with Gasteiger partial charge in [0.05, 0.1) is 37.5 Å². The van der Waals surface area contributed by atoms with Crippen LogP contribution < -0.4 is 11.1 Å². The Morgan fingerprint density at radius 2 is 1.85 bits per heavy atom. The summed E-state index contributed by atoms with van der Waals surface area (Å²) in [5, 5.41) is 8.73. The van der Waals surface area contributed by atoms with Crippen LogP contribution in [0.4, 0.5) is 26.7 Å². The molecule has 12 nitrogen and oxygen atoms in total. The van der Waals surface area contributed by atoms with Gasteiger partial charge in [0.25, 0.3) is 11.8 Å². The van der Waals surface area contributed by atoms with E-state index in [1.807, 2.05) is 0 Å². The van der Waals surface area contributed by atoms with E-state index in [9.17, 15) is 31.5 Å². The lowest BCUT2D eigenvalue weighted by Crippen LogP contribution is -2.56. The number of primary amides is 1. The molecule has 4 heterocycles. The number of H-pyrrole nitrogens is 1. The van der Waals surface area contributed by atoms with Crippen molar-refractivity contribution < 1.29 is 40.9 Å². The van der Waals surface area contributed by atoms with Crippen molar-refractivity contribution in [3.63, 3.8) is 0 Å². The van der Waals surface area contributed by atoms with Crippen molar-refractivity contribution >= 4 is 23.1 Å². The van der Waals surface area contributed by atoms with Crippen molar-refractivity contribution in [3.8, 4) is 0 Å². The van der Waals surface area contributed by atoms with Gasteiger partial charge in [-0.3, -0.25) is 4.79 Å². The fourth-order valence-electron chi connectivity index (χ4n) is 3.17. The van der Waals surface area contributed by atoms with E-state index in [0.717, 1.165) is 18.7 Å². The van der Waals surface area contributed by atoms with E-state index in [1.165, 1.54) is 19.3 Å². The monoisotopic (exact) mass is 590 g/mol. The summed E-state index contributed by atoms with van der Waals surface area (Å²) in [5.74, 6) is -3.26. The Morgan fingerprint density at radius 3 is 2.39 bits per heavy atom. The molecule has 41 heavy (non-hydrogen) atoms. The molecule has 0 aromatic carbocycles. The summed E-state index contributed by atoms with van der Waals surface area (Å²) in [4.78, 5) is 34.4. The number of aromatic nitrogens is 5. The number of nitrogens with one attached hydrogen (secondary N) is 2. The third-order valence-corrected chi connectivity index (χ3v) is 5.74. The molecular weight excluding hydrogens is 559 g/mol. The molecule has 3 aromatic rings. The predicted octanol–water partition coefficient (Wildman–Crippen LogP) is 3.67. The predicted molar refractivity (Wildman–Crippen MR) is 134 cm³/mol. The van der Waals surface area contributed by atoms with Crippen LogP contribution in [0.1, 0.15) is 60.8 Å². The average Bonchev–Trinajstić information content (AvgIpc) is 3.60. The average molecular weight is 591 g/mol. The number of hydrogen-bond donors (Lipinski definition) is 3. The first-order valence-corrected chi connectivity index (χ1v) is 12.6. The summed E-state index contributed by atoms with van der Waals surface area (Å²) in [7, 11) is 0. The number of aromatic amines is 1. The first kappa shape index (κ1) is 31.6. The smallest absolute Gasteiger partial charge is 0.366 e. The Bertz CT molecular complexity index is 1340. The summed E-state index contributed by atoms with van der Waals surface area (Å²) in [6, 6.07) is 2.58. The lowest BCUT2D eigenvalue weighted by molar-refractivity contribution is -0.263. The number of pyridine rings is 1. The van der Waals surface area contributed by atoms with E-state index in [2.05, 4.69) is 35.2 Å². The molecule has 226 valence electrons. The maximum Gasteiger partial charge on any atom is 0.416 e. The number of nitrogens with two attached hydrogens (primary N) is 1. The van der Waals surface area contributed by atoms with Crippen LogP contribution in [0, 0.1) is 6.92 Å². The number of rotatable bonds is 7. The van der Waals surface area contributed by atoms with Crippen molar-refractivity contribution in [2.75, 3.05) is 19.7 Å². The SMILES string of the molecule is C1CC1.CC(C)(OCCc1nc2nc(CN3CC(F)(F)CNC3=O)ccc2[nH]1)C(F)(F)F.Cc1nonc1C(N)=O. The van der Waals surface area contributed by atoms with E-state index >= 15 is 0 Å². The maximum atomic E-state index is 13.5. The fraction of sp³-hybridized carbons (Fsp3) is 0.583. The van der Waals surface area contributed by atoms with Crippen LogP contribution in [-0.4, -0.2) is 79.5 Å². The van der Waals surface area contributed by atoms with Gasteiger partial charge in [-0.2, -0.15) is 13.2 Å². The number of aryl methyl sites for hydroxylation is 1. The van der Waals surface area contributed by atoms with Crippen molar-refractivity contribution in [1.82, 2.24) is 35.5 Å². The molecule has 0 spiro atoms. The van der Waals surface area contributed by atoms with Crippen LogP contribution >= 0.6 is 0 Å². The Hall–Kier alpha value is -3.89. The van der Waals surface area contributed by atoms with Crippen LogP contribution in [0.2, 0.25) is 0 Å². The molecule has 0 bridgehead atoms. The molecule has 2 fully saturated rings. The van der Waals surface area contributed by atoms with Crippen LogP contribution in [0.3, 0.4) is 0 Å². The molecule has 4 N–H and O–H groups in total. The molecule has 3 amide bonds. The van der Waals surface area contributed by atoms with Crippen molar-refractivity contribution in [1.29, 1.82) is 0 Å². The minimum atomic E-state index is -4.49. The minimum absolute atomic E-state index is 0.0926. The van der Waals surface area contributed by atoms with Crippen LogP contribution in [0.25, 0.3) is 11.2 Å². The summed E-state index contributed by atoms with van der Waals surface area (Å²) in [6.45, 7) is 1.74. The first-order chi connectivity index (χ1) is 19.1. The highest BCUT2D eigenvalue weighted by Crippen LogP contribution is 2.32. The number of urea groups is 1. The number of carbonyl (C=O) groups excluding carboxylic acids is 2. The summed E-state index contributed by atoms with van der Waals surface area (Å²) >= 11 is 0. The lowest BCUT2D eigenvalue weighted by atomic mass is 10.1. The number of hydrogen-bond acceptors (Lipinski definition) is 8. The van der Waals surface area contributed by atoms with Gasteiger partial charge in [0.2, 0.25) is 0 Å². The molecule has 17 heteroatoms. The number of imidazole rings is 1. The zero-order valence-electron chi connectivity index (χ0n) is 22.6. The van der Waals surface area contributed by atoms with E-state index in [0.29, 0.717) is 22.7 Å². The van der Waals surface area contributed by atoms with E-state index in [-0.39, 0.29) is 30.9 Å². The largest absolute Gasteiger partial charge is 0.416 e. The maximum absolute atomic E-state index is 13.5. The molecule has 1 saturated heterocycles. The molecule has 1 aliphatic carbocycles. The first-order valence-electron chi connectivity index (χ1n) is 12.6. The molecular formula is C24H31F5N8O4. The molecule has 3 aromatic heterocycles. The summed E-state index contributed by atoms with van der Waals surface area (Å²) in [6.07, 6.45) is 0.112. The standard InChI is InChI=1S/C17H20F5N5O2.C4H5N3O2.C3H6/c1-15(2,17(20,21)22)29-6-5-12-25-11-4-3-10(24-13(11)26-12)7-27-9-16(18,19)8-23-14(27)28;1-2-3(4(5)8)7-9-6-2;1-2-3-1/h3-4H,5-9H2,1-2H3,(H,23,28)(H,24,25,26);1H3,(H2,5,8);1-3H2. The highest BCUT2D eigenvalue weighted by molar-refractivity contribution is 5.91. The van der Waals surface area contributed by atoms with Gasteiger partial charge in [0.15, 0.2) is 16.9 Å². The van der Waals surface area contributed by atoms with Crippen LogP contribution in [0.15, 0.2) is 16.8 Å². The zero-order valence-corrected chi connectivity index (χ0v) is 22.6. The highest BCUT2D eigenvalue weighted by Gasteiger charge is 2.48. The van der Waals surface area contributed by atoms with Crippen LogP contribution in [0.5, 0.6) is 0 Å². The van der Waals surface area contributed by atoms with Gasteiger partial charge in [0.1, 0.15) is 11.5 Å². The van der Waals surface area contributed by atoms with E-state index < -0.39 is 42.7 Å². The third-order valence-electron chi connectivity index (χ3n) is 5.74. The number of nitrogens with zero attached hydrogens (tertiary/aromatic N) is 5. The number of ether oxygens (including phenoxy) is 1. The molecule has 0 unspecified atom stereocenters. The topological polar surface area (TPSA) is 165 Å². The Kier molecular flexibility index (Phi) is 9.83. The molecule has 1 saturated carbocycles. The second-order valence-corrected chi connectivity index (χ2v) is 9.96. The third kappa shape index (κ3) is 9.33. The van der Waals surface area contributed by atoms with Crippen LogP contribution in [-0.2, 0) is 17.7 Å². The summed E-state index contributed by atoms with van der Waals surface area (Å²) in [5.41, 5.74) is 4.26. The second-order valence-electron chi connectivity index (χ2n) is 9.96. The Balaban J connectivity index is 0.000000316. The number of amides is 3. The van der Waals surface area contributed by atoms with Crippen molar-refractivity contribution in [3.05, 3.63) is 35.0 Å².